The number of nitro groups is 1. The number of carbonyl (C=O) groups excluding carboxylic acids is 1. The Kier molecular flexibility index (Phi) is 9.54. The molecule has 12 heteroatoms. The van der Waals surface area contributed by atoms with Crippen LogP contribution in [0.15, 0.2) is 57.5 Å². The van der Waals surface area contributed by atoms with Gasteiger partial charge in [0.1, 0.15) is 0 Å². The lowest BCUT2D eigenvalue weighted by Gasteiger charge is -2.29. The number of rotatable bonds is 9. The molecule has 2 aromatic carbocycles. The number of hydrogen-bond donors (Lipinski definition) is 0. The van der Waals surface area contributed by atoms with Crippen LogP contribution in [0.5, 0.6) is 11.5 Å². The van der Waals surface area contributed by atoms with Gasteiger partial charge in [0.25, 0.3) is 11.2 Å². The number of piperidine rings is 1. The molecule has 0 bridgehead atoms. The SMILES string of the molecule is CCOC(=O)C1=C(C)N=c2s/c(=C\c3ccc(C4CCN(C)CC4)c([N+](=O)[O-])c3)c(=O)n2[C@@H]1c1ccc(OC(C)C)c(OC)c1. The van der Waals surface area contributed by atoms with Crippen molar-refractivity contribution in [3.63, 3.8) is 0 Å². The summed E-state index contributed by atoms with van der Waals surface area (Å²) in [6.45, 7) is 9.19. The van der Waals surface area contributed by atoms with Gasteiger partial charge >= 0.3 is 5.97 Å². The summed E-state index contributed by atoms with van der Waals surface area (Å²) < 4.78 is 18.7. The minimum Gasteiger partial charge on any atom is -0.493 e. The fourth-order valence-electron chi connectivity index (χ4n) is 5.94. The van der Waals surface area contributed by atoms with E-state index in [0.29, 0.717) is 37.7 Å². The second-order valence-corrected chi connectivity index (χ2v) is 12.5. The average molecular weight is 635 g/mol. The highest BCUT2D eigenvalue weighted by Gasteiger charge is 2.34. The van der Waals surface area contributed by atoms with Crippen molar-refractivity contribution in [2.75, 3.05) is 33.9 Å². The summed E-state index contributed by atoms with van der Waals surface area (Å²) in [5, 5.41) is 12.1. The molecule has 3 aromatic rings. The third-order valence-electron chi connectivity index (χ3n) is 8.09. The monoisotopic (exact) mass is 634 g/mol. The number of hydrogen-bond acceptors (Lipinski definition) is 10. The van der Waals surface area contributed by atoms with E-state index >= 15 is 0 Å². The second-order valence-electron chi connectivity index (χ2n) is 11.5. The summed E-state index contributed by atoms with van der Waals surface area (Å²) in [7, 11) is 3.58. The maximum Gasteiger partial charge on any atom is 0.338 e. The Balaban J connectivity index is 1.63. The van der Waals surface area contributed by atoms with Crippen LogP contribution in [0.3, 0.4) is 0 Å². The van der Waals surface area contributed by atoms with E-state index in [2.05, 4.69) is 16.9 Å². The molecule has 2 aliphatic heterocycles. The summed E-state index contributed by atoms with van der Waals surface area (Å²) >= 11 is 1.16. The van der Waals surface area contributed by atoms with Gasteiger partial charge in [-0.25, -0.2) is 9.79 Å². The van der Waals surface area contributed by atoms with Crippen molar-refractivity contribution >= 4 is 29.1 Å². The van der Waals surface area contributed by atoms with Crippen molar-refractivity contribution in [1.29, 1.82) is 0 Å². The van der Waals surface area contributed by atoms with Crippen LogP contribution in [-0.2, 0) is 9.53 Å². The Morgan fingerprint density at radius 2 is 1.91 bits per heavy atom. The predicted molar refractivity (Wildman–Crippen MR) is 172 cm³/mol. The highest BCUT2D eigenvalue weighted by atomic mass is 32.1. The number of likely N-dealkylation sites (tertiary alicyclic amines) is 1. The Morgan fingerprint density at radius 1 is 1.18 bits per heavy atom. The van der Waals surface area contributed by atoms with Crippen LogP contribution in [0.1, 0.15) is 69.2 Å². The van der Waals surface area contributed by atoms with Crippen LogP contribution in [0.25, 0.3) is 6.08 Å². The number of allylic oxidation sites excluding steroid dienone is 1. The molecule has 3 heterocycles. The molecule has 0 radical (unpaired) electrons. The number of ether oxygens (including phenoxy) is 3. The summed E-state index contributed by atoms with van der Waals surface area (Å²) in [6.07, 6.45) is 3.27. The maximum absolute atomic E-state index is 14.1. The molecule has 0 saturated carbocycles. The van der Waals surface area contributed by atoms with Crippen LogP contribution in [0.4, 0.5) is 5.69 Å². The second kappa shape index (κ2) is 13.4. The van der Waals surface area contributed by atoms with Crippen molar-refractivity contribution in [1.82, 2.24) is 9.47 Å². The van der Waals surface area contributed by atoms with Gasteiger partial charge in [-0.05, 0) is 95.9 Å². The molecule has 45 heavy (non-hydrogen) atoms. The van der Waals surface area contributed by atoms with Gasteiger partial charge in [0.15, 0.2) is 16.3 Å². The third-order valence-corrected chi connectivity index (χ3v) is 9.07. The van der Waals surface area contributed by atoms with Crippen LogP contribution in [0.2, 0.25) is 0 Å². The third kappa shape index (κ3) is 6.57. The number of methoxy groups -OCH3 is 1. The van der Waals surface area contributed by atoms with Crippen LogP contribution in [0, 0.1) is 10.1 Å². The van der Waals surface area contributed by atoms with Crippen LogP contribution in [-0.4, -0.2) is 60.3 Å². The first-order valence-corrected chi connectivity index (χ1v) is 15.8. The Labute approximate surface area is 265 Å². The van der Waals surface area contributed by atoms with Gasteiger partial charge in [-0.1, -0.05) is 29.5 Å². The van der Waals surface area contributed by atoms with Gasteiger partial charge in [0, 0.05) is 11.6 Å². The summed E-state index contributed by atoms with van der Waals surface area (Å²) in [5.41, 5.74) is 2.24. The predicted octanol–water partition coefficient (Wildman–Crippen LogP) is 4.31. The molecule has 1 saturated heterocycles. The van der Waals surface area contributed by atoms with Crippen molar-refractivity contribution in [3.8, 4) is 11.5 Å². The largest absolute Gasteiger partial charge is 0.493 e. The fourth-order valence-corrected chi connectivity index (χ4v) is 6.98. The summed E-state index contributed by atoms with van der Waals surface area (Å²) in [6, 6.07) is 9.64. The summed E-state index contributed by atoms with van der Waals surface area (Å²) in [5.74, 6) is 0.532. The molecule has 0 N–H and O–H groups in total. The highest BCUT2D eigenvalue weighted by molar-refractivity contribution is 7.07. The zero-order valence-corrected chi connectivity index (χ0v) is 27.2. The quantitative estimate of drug-likeness (QED) is 0.194. The van der Waals surface area contributed by atoms with E-state index in [0.717, 1.165) is 42.8 Å². The maximum atomic E-state index is 14.1. The van der Waals surface area contributed by atoms with Gasteiger partial charge in [-0.3, -0.25) is 19.5 Å². The lowest BCUT2D eigenvalue weighted by Crippen LogP contribution is -2.40. The molecular formula is C33H38N4O7S. The van der Waals surface area contributed by atoms with Crippen molar-refractivity contribution in [3.05, 3.63) is 94.2 Å². The molecule has 1 atom stereocenters. The molecule has 238 valence electrons. The molecule has 0 spiro atoms. The molecular weight excluding hydrogens is 596 g/mol. The number of aromatic nitrogens is 1. The van der Waals surface area contributed by atoms with E-state index in [9.17, 15) is 19.7 Å². The first kappa shape index (κ1) is 32.1. The normalized spacial score (nSPS) is 17.7. The lowest BCUT2D eigenvalue weighted by atomic mass is 9.88. The number of esters is 1. The van der Waals surface area contributed by atoms with E-state index < -0.39 is 12.0 Å². The van der Waals surface area contributed by atoms with Crippen molar-refractivity contribution in [2.45, 2.75) is 58.6 Å². The number of nitrogens with zero attached hydrogens (tertiary/aromatic N) is 4. The number of fused-ring (bicyclic) bond motifs is 1. The van der Waals surface area contributed by atoms with Crippen LogP contribution >= 0.6 is 11.3 Å². The van der Waals surface area contributed by atoms with E-state index in [4.69, 9.17) is 14.2 Å². The van der Waals surface area contributed by atoms with Gasteiger partial charge in [-0.15, -0.1) is 0 Å². The number of thiazole rings is 1. The molecule has 2 aliphatic rings. The van der Waals surface area contributed by atoms with E-state index in [1.165, 1.54) is 17.7 Å². The topological polar surface area (TPSA) is 126 Å². The number of benzene rings is 2. The number of carbonyl (C=O) groups is 1. The highest BCUT2D eigenvalue weighted by Crippen LogP contribution is 2.37. The van der Waals surface area contributed by atoms with Crippen molar-refractivity contribution in [2.24, 2.45) is 4.99 Å². The molecule has 11 nitrogen and oxygen atoms in total. The van der Waals surface area contributed by atoms with Gasteiger partial charge in [0.05, 0.1) is 46.6 Å². The first-order valence-electron chi connectivity index (χ1n) is 15.0. The first-order chi connectivity index (χ1) is 21.5. The van der Waals surface area contributed by atoms with E-state index in [1.54, 1.807) is 38.1 Å². The Bertz CT molecular complexity index is 1830. The average Bonchev–Trinajstić information content (AvgIpc) is 3.30. The molecule has 5 rings (SSSR count). The molecule has 0 amide bonds. The molecule has 0 unspecified atom stereocenters. The lowest BCUT2D eigenvalue weighted by molar-refractivity contribution is -0.385. The van der Waals surface area contributed by atoms with E-state index in [1.807, 2.05) is 26.0 Å². The minimum atomic E-state index is -0.842. The molecule has 0 aliphatic carbocycles. The Morgan fingerprint density at radius 3 is 2.56 bits per heavy atom. The smallest absolute Gasteiger partial charge is 0.338 e. The Hall–Kier alpha value is -4.29. The fraction of sp³-hybridized carbons (Fsp3) is 0.424. The zero-order valence-electron chi connectivity index (χ0n) is 26.4. The van der Waals surface area contributed by atoms with Gasteiger partial charge in [0.2, 0.25) is 0 Å². The molecule has 1 fully saturated rings. The standard InChI is InChI=1S/C33H38N4O7S/c1-7-43-32(39)29-20(4)34-33-36(30(29)23-9-11-26(44-19(2)3)27(18-23)42-6)31(38)28(45-33)17-21-8-10-24(25(16-21)37(40)41)22-12-14-35(5)15-13-22/h8-11,16-19,22,30H,7,12-15H2,1-6H3/b28-17-/t30-/m1/s1. The van der Waals surface area contributed by atoms with Gasteiger partial charge < -0.3 is 19.1 Å². The number of nitro benzene ring substituents is 1. The van der Waals surface area contributed by atoms with E-state index in [-0.39, 0.29) is 40.4 Å². The minimum absolute atomic E-state index is 0.0557. The van der Waals surface area contributed by atoms with Crippen LogP contribution < -0.4 is 24.4 Å². The summed E-state index contributed by atoms with van der Waals surface area (Å²) in [4.78, 5) is 46.4. The van der Waals surface area contributed by atoms with Crippen molar-refractivity contribution < 1.29 is 23.9 Å². The van der Waals surface area contributed by atoms with Gasteiger partial charge in [-0.2, -0.15) is 0 Å². The zero-order chi connectivity index (χ0) is 32.4. The molecule has 1 aromatic heterocycles.